The first kappa shape index (κ1) is 25.1. The largest absolute Gasteiger partial charge is 0.222 e. The average molecular weight is 531 g/mol. The molecule has 0 unspecified atom stereocenters. The molecule has 1 aliphatic heterocycles. The summed E-state index contributed by atoms with van der Waals surface area (Å²) in [5.41, 5.74) is 8.84. The minimum atomic E-state index is 0.202. The van der Waals surface area contributed by atoms with E-state index < -0.39 is 0 Å². The second-order valence-corrected chi connectivity index (χ2v) is 14.6. The zero-order valence-corrected chi connectivity index (χ0v) is 25.2. The van der Waals surface area contributed by atoms with Crippen LogP contribution in [0.2, 0.25) is 0 Å². The van der Waals surface area contributed by atoms with Gasteiger partial charge in [0.25, 0.3) is 0 Å². The minimum Gasteiger partial charge on any atom is -0.200 e. The summed E-state index contributed by atoms with van der Waals surface area (Å²) in [6.07, 6.45) is 10.2. The lowest BCUT2D eigenvalue weighted by atomic mass is 9.82. The normalized spacial score (nSPS) is 15.5. The molecule has 7 rings (SSSR count). The summed E-state index contributed by atoms with van der Waals surface area (Å²) in [5.74, 6) is 0.844. The van der Waals surface area contributed by atoms with Crippen LogP contribution in [0.15, 0.2) is 64.5 Å². The van der Waals surface area contributed by atoms with Gasteiger partial charge in [0.1, 0.15) is 7.05 Å². The molecule has 0 radical (unpaired) electrons. The van der Waals surface area contributed by atoms with Gasteiger partial charge in [-0.3, -0.25) is 0 Å². The van der Waals surface area contributed by atoms with E-state index in [1.54, 1.807) is 5.56 Å². The number of nitrogens with zero attached hydrogens (tertiary/aromatic N) is 1. The molecule has 0 bridgehead atoms. The fraction of sp³-hybridized carbons (Fsp3) is 0.378. The summed E-state index contributed by atoms with van der Waals surface area (Å²) in [6, 6.07) is 19.1. The summed E-state index contributed by atoms with van der Waals surface area (Å²) >= 11 is 2.04. The van der Waals surface area contributed by atoms with E-state index in [-0.39, 0.29) is 5.41 Å². The minimum absolute atomic E-state index is 0.202. The molecule has 1 aliphatic carbocycles. The number of aromatic nitrogens is 1. The predicted molar refractivity (Wildman–Crippen MR) is 168 cm³/mol. The van der Waals surface area contributed by atoms with Crippen LogP contribution in [0.3, 0.4) is 0 Å². The number of hydrogen-bond acceptors (Lipinski definition) is 1. The van der Waals surface area contributed by atoms with E-state index in [9.17, 15) is 0 Å². The van der Waals surface area contributed by atoms with E-state index in [0.29, 0.717) is 0 Å². The van der Waals surface area contributed by atoms with Crippen molar-refractivity contribution in [1.82, 2.24) is 0 Å². The molecule has 1 fully saturated rings. The second-order valence-electron chi connectivity index (χ2n) is 13.5. The fourth-order valence-electron chi connectivity index (χ4n) is 7.45. The van der Waals surface area contributed by atoms with Crippen LogP contribution in [0.25, 0.3) is 43.6 Å². The summed E-state index contributed by atoms with van der Waals surface area (Å²) in [6.45, 7) is 11.7. The van der Waals surface area contributed by atoms with Crippen LogP contribution in [0.4, 0.5) is 0 Å². The molecule has 0 atom stereocenters. The van der Waals surface area contributed by atoms with E-state index in [1.165, 1.54) is 102 Å². The molecule has 1 aromatic heterocycles. The lowest BCUT2D eigenvalue weighted by molar-refractivity contribution is -0.659. The van der Waals surface area contributed by atoms with Gasteiger partial charge in [-0.2, -0.15) is 0 Å². The highest BCUT2D eigenvalue weighted by Crippen LogP contribution is 2.53. The number of fused-ring (bicyclic) bond motifs is 5. The van der Waals surface area contributed by atoms with Gasteiger partial charge in [0.15, 0.2) is 6.20 Å². The zero-order valence-electron chi connectivity index (χ0n) is 24.4. The Morgan fingerprint density at radius 1 is 0.872 bits per heavy atom. The van der Waals surface area contributed by atoms with E-state index in [2.05, 4.69) is 101 Å². The molecule has 39 heavy (non-hydrogen) atoms. The Morgan fingerprint density at radius 2 is 1.67 bits per heavy atom. The van der Waals surface area contributed by atoms with Gasteiger partial charge in [-0.15, -0.1) is 0 Å². The highest BCUT2D eigenvalue weighted by molar-refractivity contribution is 8.00. The third kappa shape index (κ3) is 4.10. The van der Waals surface area contributed by atoms with Gasteiger partial charge in [-0.25, -0.2) is 4.57 Å². The number of hydrogen-bond donors (Lipinski definition) is 0. The fourth-order valence-corrected chi connectivity index (χ4v) is 8.81. The van der Waals surface area contributed by atoms with Gasteiger partial charge >= 0.3 is 0 Å². The highest BCUT2D eigenvalue weighted by atomic mass is 32.2. The van der Waals surface area contributed by atoms with Crippen molar-refractivity contribution in [3.63, 3.8) is 0 Å². The number of rotatable bonds is 3. The summed E-state index contributed by atoms with van der Waals surface area (Å²) in [5, 5.41) is 8.56. The lowest BCUT2D eigenvalue weighted by Crippen LogP contribution is -2.32. The van der Waals surface area contributed by atoms with E-state index in [0.717, 1.165) is 12.3 Å². The summed E-state index contributed by atoms with van der Waals surface area (Å²) in [7, 11) is 2.24. The zero-order chi connectivity index (χ0) is 27.1. The highest BCUT2D eigenvalue weighted by Gasteiger charge is 2.33. The molecule has 5 aromatic rings. The van der Waals surface area contributed by atoms with Crippen molar-refractivity contribution in [3.05, 3.63) is 77.0 Å². The molecule has 4 aromatic carbocycles. The topological polar surface area (TPSA) is 3.88 Å². The van der Waals surface area contributed by atoms with Crippen LogP contribution < -0.4 is 4.57 Å². The lowest BCUT2D eigenvalue weighted by Gasteiger charge is -2.28. The molecule has 2 aliphatic rings. The molecule has 1 nitrogen and oxygen atoms in total. The molecule has 0 saturated heterocycles. The van der Waals surface area contributed by atoms with Crippen LogP contribution in [0.1, 0.15) is 68.7 Å². The monoisotopic (exact) mass is 530 g/mol. The van der Waals surface area contributed by atoms with Gasteiger partial charge in [-0.05, 0) is 82.3 Å². The first-order valence-electron chi connectivity index (χ1n) is 14.8. The predicted octanol–water partition coefficient (Wildman–Crippen LogP) is 10.0. The maximum absolute atomic E-state index is 2.55. The molecule has 0 spiro atoms. The number of benzene rings is 4. The molecule has 198 valence electrons. The molecule has 0 amide bonds. The third-order valence-corrected chi connectivity index (χ3v) is 10.4. The van der Waals surface area contributed by atoms with E-state index in [4.69, 9.17) is 0 Å². The van der Waals surface area contributed by atoms with Crippen molar-refractivity contribution in [3.8, 4) is 11.3 Å². The van der Waals surface area contributed by atoms with Crippen LogP contribution >= 0.6 is 11.8 Å². The molecular weight excluding hydrogens is 490 g/mol. The second kappa shape index (κ2) is 9.10. The number of aryl methyl sites for hydroxylation is 3. The average Bonchev–Trinajstić information content (AvgIpc) is 3.40. The van der Waals surface area contributed by atoms with E-state index >= 15 is 0 Å². The Morgan fingerprint density at radius 3 is 2.44 bits per heavy atom. The summed E-state index contributed by atoms with van der Waals surface area (Å²) in [4.78, 5) is 2.90. The van der Waals surface area contributed by atoms with Crippen molar-refractivity contribution >= 4 is 44.1 Å². The van der Waals surface area contributed by atoms with Crippen LogP contribution in [0, 0.1) is 25.2 Å². The Hall–Kier alpha value is -2.84. The van der Waals surface area contributed by atoms with Crippen molar-refractivity contribution < 1.29 is 4.57 Å². The van der Waals surface area contributed by atoms with Gasteiger partial charge < -0.3 is 0 Å². The molecule has 1 saturated carbocycles. The molecular formula is C37H40NS+. The van der Waals surface area contributed by atoms with Crippen molar-refractivity contribution in [2.75, 3.05) is 0 Å². The van der Waals surface area contributed by atoms with Crippen LogP contribution in [0.5, 0.6) is 0 Å². The van der Waals surface area contributed by atoms with Crippen molar-refractivity contribution in [1.29, 1.82) is 0 Å². The van der Waals surface area contributed by atoms with Crippen LogP contribution in [-0.2, 0) is 19.9 Å². The van der Waals surface area contributed by atoms with Gasteiger partial charge in [0, 0.05) is 21.2 Å². The van der Waals surface area contributed by atoms with Gasteiger partial charge in [-0.1, -0.05) is 100 Å². The quantitative estimate of drug-likeness (QED) is 0.163. The smallest absolute Gasteiger partial charge is 0.200 e. The third-order valence-electron chi connectivity index (χ3n) is 9.25. The van der Waals surface area contributed by atoms with Gasteiger partial charge in [0.05, 0.1) is 10.9 Å². The molecule has 2 heterocycles. The Balaban J connectivity index is 1.57. The Kier molecular flexibility index (Phi) is 5.87. The first-order valence-corrected chi connectivity index (χ1v) is 15.6. The first-order chi connectivity index (χ1) is 18.7. The van der Waals surface area contributed by atoms with Crippen LogP contribution in [-0.4, -0.2) is 0 Å². The maximum Gasteiger partial charge on any atom is 0.222 e. The number of pyridine rings is 1. The molecule has 2 heteroatoms. The molecule has 0 N–H and O–H groups in total. The van der Waals surface area contributed by atoms with Crippen molar-refractivity contribution in [2.45, 2.75) is 82.9 Å². The maximum atomic E-state index is 2.55. The van der Waals surface area contributed by atoms with Crippen molar-refractivity contribution in [2.24, 2.45) is 18.4 Å². The van der Waals surface area contributed by atoms with Gasteiger partial charge in [0.2, 0.25) is 5.69 Å². The Bertz CT molecular complexity index is 1800. The standard InChI is InChI=1S/C37H40NS/c1-22-14-15-27-29(18-22)23(2)33-35-34-28(16-17-38(35)6)26-13-9-12-25(19-24-10-7-8-11-24)30(26)20-32(34)39-36(33)31(27)21-37(3,4)5/h9,12-18,20,24H,7-8,10-11,19,21H2,1-6H3/q+1. The van der Waals surface area contributed by atoms with E-state index in [1.807, 2.05) is 11.8 Å². The summed E-state index contributed by atoms with van der Waals surface area (Å²) < 4.78 is 2.38. The Labute approximate surface area is 237 Å². The SMILES string of the molecule is Cc1ccc2c(CC(C)(C)C)c3c(c(C)c2c1)-c1c2c(cc4c(CC5CCCC5)cccc4c2cc[n+]1C)S3.